The molecule has 0 heterocycles. The second-order valence-electron chi connectivity index (χ2n) is 15.2. The van der Waals surface area contributed by atoms with Crippen LogP contribution < -0.4 is 0 Å². The summed E-state index contributed by atoms with van der Waals surface area (Å²) >= 11 is 4.80. The lowest BCUT2D eigenvalue weighted by atomic mass is 10.0. The summed E-state index contributed by atoms with van der Waals surface area (Å²) in [7, 11) is -0.295. The fourth-order valence-electron chi connectivity index (χ4n) is 6.36. The van der Waals surface area contributed by atoms with Crippen LogP contribution in [0, 0.1) is 5.92 Å². The standard InChI is InChI=1S/C42H88O3SSi/c1-5-7-9-11-13-15-19-23-27-31-36-43-42(44-37-32-28-24-20-16-14-12-10-8-6-2)34-30-26-22-18-17-21-25-29-33-41(46)35-38-45-47-39-40(3)4/h40-42,46H,5-39,47H2,1-4H3. The molecule has 0 radical (unpaired) electrons. The van der Waals surface area contributed by atoms with Gasteiger partial charge in [-0.25, -0.2) is 0 Å². The van der Waals surface area contributed by atoms with Crippen LogP contribution in [0.4, 0.5) is 0 Å². The third kappa shape index (κ3) is 40.8. The van der Waals surface area contributed by atoms with Crippen LogP contribution in [0.5, 0.6) is 0 Å². The SMILES string of the molecule is CCCCCCCCCCCCOC(CCCCCCCCCCC(S)CCO[SiH2]CC(C)C)OCCCCCCCCCCCC. The highest BCUT2D eigenvalue weighted by Gasteiger charge is 2.10. The molecule has 0 saturated heterocycles. The van der Waals surface area contributed by atoms with Gasteiger partial charge in [0.1, 0.15) is 0 Å². The molecule has 284 valence electrons. The van der Waals surface area contributed by atoms with Gasteiger partial charge in [0.25, 0.3) is 0 Å². The molecule has 0 rings (SSSR count). The number of rotatable bonds is 41. The molecule has 5 heteroatoms. The molecule has 47 heavy (non-hydrogen) atoms. The van der Waals surface area contributed by atoms with Gasteiger partial charge in [-0.05, 0) is 50.5 Å². The van der Waals surface area contributed by atoms with Gasteiger partial charge in [0.2, 0.25) is 0 Å². The zero-order valence-electron chi connectivity index (χ0n) is 32.9. The van der Waals surface area contributed by atoms with Crippen molar-refractivity contribution in [1.82, 2.24) is 0 Å². The average molecular weight is 701 g/mol. The Hall–Kier alpha value is 0.447. The molecule has 0 saturated carbocycles. The van der Waals surface area contributed by atoms with Crippen molar-refractivity contribution in [3.05, 3.63) is 0 Å². The Kier molecular flexibility index (Phi) is 41.3. The van der Waals surface area contributed by atoms with Crippen LogP contribution in [-0.2, 0) is 13.9 Å². The maximum absolute atomic E-state index is 6.31. The van der Waals surface area contributed by atoms with E-state index >= 15 is 0 Å². The fourth-order valence-corrected chi connectivity index (χ4v) is 7.66. The van der Waals surface area contributed by atoms with E-state index < -0.39 is 0 Å². The molecule has 0 amide bonds. The summed E-state index contributed by atoms with van der Waals surface area (Å²) in [6.07, 6.45) is 41.7. The highest BCUT2D eigenvalue weighted by atomic mass is 32.1. The van der Waals surface area contributed by atoms with E-state index in [0.29, 0.717) is 5.25 Å². The molecule has 0 aliphatic heterocycles. The normalized spacial score (nSPS) is 12.8. The van der Waals surface area contributed by atoms with Crippen molar-refractivity contribution in [2.24, 2.45) is 5.92 Å². The van der Waals surface area contributed by atoms with Crippen LogP contribution in [0.2, 0.25) is 6.04 Å². The predicted octanol–water partition coefficient (Wildman–Crippen LogP) is 14.0. The van der Waals surface area contributed by atoms with Gasteiger partial charge in [-0.3, -0.25) is 0 Å². The van der Waals surface area contributed by atoms with Gasteiger partial charge >= 0.3 is 0 Å². The van der Waals surface area contributed by atoms with Gasteiger partial charge in [-0.2, -0.15) is 12.6 Å². The van der Waals surface area contributed by atoms with Gasteiger partial charge in [-0.1, -0.05) is 188 Å². The van der Waals surface area contributed by atoms with Crippen molar-refractivity contribution < 1.29 is 13.9 Å². The van der Waals surface area contributed by atoms with Crippen molar-refractivity contribution in [3.8, 4) is 0 Å². The van der Waals surface area contributed by atoms with E-state index in [0.717, 1.165) is 38.6 Å². The summed E-state index contributed by atoms with van der Waals surface area (Å²) in [6, 6.07) is 1.30. The first-order chi connectivity index (χ1) is 23.1. The first kappa shape index (κ1) is 47.4. The second-order valence-corrected chi connectivity index (χ2v) is 17.3. The molecule has 1 atom stereocenters. The number of hydrogen-bond donors (Lipinski definition) is 1. The zero-order chi connectivity index (χ0) is 34.3. The molecular weight excluding hydrogens is 613 g/mol. The zero-order valence-corrected chi connectivity index (χ0v) is 35.2. The minimum absolute atomic E-state index is 0.0178. The summed E-state index contributed by atoms with van der Waals surface area (Å²) in [6.45, 7) is 11.9. The van der Waals surface area contributed by atoms with Crippen LogP contribution in [-0.4, -0.2) is 41.1 Å². The Morgan fingerprint density at radius 1 is 0.426 bits per heavy atom. The Morgan fingerprint density at radius 2 is 0.787 bits per heavy atom. The van der Waals surface area contributed by atoms with E-state index in [4.69, 9.17) is 26.5 Å². The van der Waals surface area contributed by atoms with Crippen LogP contribution in [0.1, 0.15) is 227 Å². The summed E-state index contributed by atoms with van der Waals surface area (Å²) in [4.78, 5) is 0. The summed E-state index contributed by atoms with van der Waals surface area (Å²) in [5, 5.41) is 0.524. The number of ether oxygens (including phenoxy) is 2. The lowest BCUT2D eigenvalue weighted by molar-refractivity contribution is -0.148. The average Bonchev–Trinajstić information content (AvgIpc) is 3.06. The van der Waals surface area contributed by atoms with E-state index in [9.17, 15) is 0 Å². The lowest BCUT2D eigenvalue weighted by Gasteiger charge is -2.19. The van der Waals surface area contributed by atoms with E-state index in [1.807, 2.05) is 0 Å². The summed E-state index contributed by atoms with van der Waals surface area (Å²) < 4.78 is 18.5. The number of unbranched alkanes of at least 4 members (excludes halogenated alkanes) is 25. The maximum atomic E-state index is 6.31. The van der Waals surface area contributed by atoms with Crippen LogP contribution in [0.15, 0.2) is 0 Å². The van der Waals surface area contributed by atoms with E-state index in [2.05, 4.69) is 27.7 Å². The Bertz CT molecular complexity index is 538. The third-order valence-electron chi connectivity index (χ3n) is 9.77. The van der Waals surface area contributed by atoms with E-state index in [1.54, 1.807) is 0 Å². The fraction of sp³-hybridized carbons (Fsp3) is 1.00. The number of hydrogen-bond acceptors (Lipinski definition) is 4. The van der Waals surface area contributed by atoms with Gasteiger partial charge < -0.3 is 13.9 Å². The van der Waals surface area contributed by atoms with Gasteiger partial charge in [-0.15, -0.1) is 0 Å². The lowest BCUT2D eigenvalue weighted by Crippen LogP contribution is -2.19. The van der Waals surface area contributed by atoms with Gasteiger partial charge in [0.05, 0.1) is 0 Å². The molecule has 3 nitrogen and oxygen atoms in total. The smallest absolute Gasteiger partial charge is 0.161 e. The van der Waals surface area contributed by atoms with Crippen molar-refractivity contribution >= 4 is 22.4 Å². The summed E-state index contributed by atoms with van der Waals surface area (Å²) in [5.74, 6) is 0.793. The Morgan fingerprint density at radius 3 is 1.19 bits per heavy atom. The van der Waals surface area contributed by atoms with Crippen molar-refractivity contribution in [1.29, 1.82) is 0 Å². The molecule has 0 spiro atoms. The molecule has 0 N–H and O–H groups in total. The minimum Gasteiger partial charge on any atom is -0.424 e. The van der Waals surface area contributed by atoms with Crippen LogP contribution in [0.25, 0.3) is 0 Å². The first-order valence-corrected chi connectivity index (χ1v) is 23.7. The van der Waals surface area contributed by atoms with Gasteiger partial charge in [0, 0.05) is 25.1 Å². The predicted molar refractivity (Wildman–Crippen MR) is 217 cm³/mol. The molecule has 1 unspecified atom stereocenters. The molecular formula is C42H88O3SSi. The molecule has 0 aliphatic carbocycles. The molecule has 0 aromatic rings. The molecule has 0 aromatic carbocycles. The third-order valence-corrected chi connectivity index (χ3v) is 12.2. The number of thiol groups is 1. The Balaban J connectivity index is 3.93. The molecule has 0 aromatic heterocycles. The van der Waals surface area contributed by atoms with Crippen LogP contribution in [0.3, 0.4) is 0 Å². The largest absolute Gasteiger partial charge is 0.424 e. The molecule has 0 aliphatic rings. The first-order valence-electron chi connectivity index (χ1n) is 21.6. The van der Waals surface area contributed by atoms with Gasteiger partial charge in [0.15, 0.2) is 16.1 Å². The van der Waals surface area contributed by atoms with Crippen LogP contribution >= 0.6 is 12.6 Å². The Labute approximate surface area is 305 Å². The summed E-state index contributed by atoms with van der Waals surface area (Å²) in [5.41, 5.74) is 0. The second kappa shape index (κ2) is 40.9. The van der Waals surface area contributed by atoms with Crippen molar-refractivity contribution in [2.75, 3.05) is 19.8 Å². The molecule has 0 bridgehead atoms. The van der Waals surface area contributed by atoms with Crippen molar-refractivity contribution in [3.63, 3.8) is 0 Å². The maximum Gasteiger partial charge on any atom is 0.161 e. The quantitative estimate of drug-likeness (QED) is 0.0298. The highest BCUT2D eigenvalue weighted by molar-refractivity contribution is 7.80. The monoisotopic (exact) mass is 701 g/mol. The minimum atomic E-state index is -0.295. The van der Waals surface area contributed by atoms with E-state index in [-0.39, 0.29) is 16.1 Å². The van der Waals surface area contributed by atoms with E-state index in [1.165, 1.54) is 192 Å². The highest BCUT2D eigenvalue weighted by Crippen LogP contribution is 2.18. The van der Waals surface area contributed by atoms with Crippen molar-refractivity contribution in [2.45, 2.75) is 244 Å². The topological polar surface area (TPSA) is 27.7 Å². The molecule has 0 fully saturated rings.